The summed E-state index contributed by atoms with van der Waals surface area (Å²) >= 11 is 0. The number of rotatable bonds is 4. The summed E-state index contributed by atoms with van der Waals surface area (Å²) in [5.74, 6) is -2.13. The molecule has 0 unspecified atom stereocenters. The first kappa shape index (κ1) is 17.9. The van der Waals surface area contributed by atoms with Crippen molar-refractivity contribution in [1.29, 1.82) is 0 Å². The molecule has 3 aliphatic carbocycles. The first-order chi connectivity index (χ1) is 12.9. The molecule has 3 amide bonds. The van der Waals surface area contributed by atoms with Crippen LogP contribution >= 0.6 is 0 Å². The van der Waals surface area contributed by atoms with Crippen molar-refractivity contribution in [2.45, 2.75) is 64.2 Å². The molecule has 0 N–H and O–H groups in total. The Bertz CT molecular complexity index is 691. The molecule has 5 rings (SSSR count). The summed E-state index contributed by atoms with van der Waals surface area (Å²) in [4.78, 5) is 70.9. The monoisotopic (exact) mass is 378 g/mol. The molecule has 2 bridgehead atoms. The fourth-order valence-electron chi connectivity index (χ4n) is 4.55. The summed E-state index contributed by atoms with van der Waals surface area (Å²) in [6, 6.07) is 0. The molecule has 0 spiro atoms. The molecule has 0 aromatic rings. The van der Waals surface area contributed by atoms with Gasteiger partial charge in [0.05, 0.1) is 17.4 Å². The van der Waals surface area contributed by atoms with Gasteiger partial charge in [-0.1, -0.05) is 0 Å². The second kappa shape index (κ2) is 6.31. The molecule has 0 atom stereocenters. The lowest BCUT2D eigenvalue weighted by Gasteiger charge is -2.50. The van der Waals surface area contributed by atoms with Crippen molar-refractivity contribution in [2.75, 3.05) is 6.54 Å². The minimum atomic E-state index is -0.769. The quantitative estimate of drug-likeness (QED) is 0.672. The highest BCUT2D eigenvalue weighted by Crippen LogP contribution is 2.58. The highest BCUT2D eigenvalue weighted by atomic mass is 16.7. The van der Waals surface area contributed by atoms with Gasteiger partial charge < -0.3 is 9.68 Å². The van der Waals surface area contributed by atoms with Gasteiger partial charge in [-0.15, -0.1) is 5.06 Å². The Labute approximate surface area is 155 Å². The molecule has 3 saturated carbocycles. The van der Waals surface area contributed by atoms with Crippen LogP contribution in [0.4, 0.5) is 0 Å². The predicted octanol–water partition coefficient (Wildman–Crippen LogP) is 1.01. The Morgan fingerprint density at radius 2 is 1.19 bits per heavy atom. The molecular formula is C18H22N2O7. The van der Waals surface area contributed by atoms with E-state index in [4.69, 9.17) is 9.68 Å². The molecule has 0 aromatic heterocycles. The van der Waals surface area contributed by atoms with Gasteiger partial charge in [0.1, 0.15) is 0 Å². The van der Waals surface area contributed by atoms with Crippen molar-refractivity contribution in [2.24, 2.45) is 10.8 Å². The van der Waals surface area contributed by atoms with Crippen molar-refractivity contribution in [3.63, 3.8) is 0 Å². The first-order valence-electron chi connectivity index (χ1n) is 9.46. The van der Waals surface area contributed by atoms with Crippen molar-refractivity contribution >= 4 is 29.7 Å². The van der Waals surface area contributed by atoms with Crippen LogP contribution in [0.2, 0.25) is 0 Å². The van der Waals surface area contributed by atoms with Crippen LogP contribution in [-0.4, -0.2) is 46.3 Å². The molecule has 2 heterocycles. The number of amides is 3. The number of hydrogen-bond donors (Lipinski definition) is 0. The van der Waals surface area contributed by atoms with E-state index in [0.29, 0.717) is 63.0 Å². The van der Waals surface area contributed by atoms with Gasteiger partial charge in [0, 0.05) is 19.3 Å². The normalized spacial score (nSPS) is 33.0. The van der Waals surface area contributed by atoms with Crippen LogP contribution in [0.15, 0.2) is 0 Å². The van der Waals surface area contributed by atoms with E-state index in [2.05, 4.69) is 0 Å². The molecule has 2 aliphatic heterocycles. The number of hydrogen-bond acceptors (Lipinski definition) is 7. The Balaban J connectivity index is 1.39. The van der Waals surface area contributed by atoms with Crippen molar-refractivity contribution in [1.82, 2.24) is 10.1 Å². The third kappa shape index (κ3) is 2.89. The Morgan fingerprint density at radius 1 is 0.704 bits per heavy atom. The number of hydroxylamine groups is 4. The number of carbonyl (C=O) groups is 5. The maximum atomic E-state index is 12.7. The molecular weight excluding hydrogens is 356 g/mol. The van der Waals surface area contributed by atoms with Gasteiger partial charge in [-0.05, 0) is 44.9 Å². The first-order valence-corrected chi connectivity index (χ1v) is 9.46. The molecule has 27 heavy (non-hydrogen) atoms. The summed E-state index contributed by atoms with van der Waals surface area (Å²) in [6.07, 6.45) is 3.89. The molecule has 0 aromatic carbocycles. The van der Waals surface area contributed by atoms with Crippen molar-refractivity contribution < 1.29 is 33.6 Å². The fourth-order valence-corrected chi connectivity index (χ4v) is 4.55. The van der Waals surface area contributed by atoms with Crippen molar-refractivity contribution in [3.8, 4) is 0 Å². The van der Waals surface area contributed by atoms with Gasteiger partial charge in [0.15, 0.2) is 0 Å². The highest BCUT2D eigenvalue weighted by Gasteiger charge is 2.58. The summed E-state index contributed by atoms with van der Waals surface area (Å²) in [6.45, 7) is 0.425. The number of nitrogens with zero attached hydrogens (tertiary/aromatic N) is 2. The zero-order valence-corrected chi connectivity index (χ0v) is 15.0. The standard InChI is InChI=1S/C18H22N2O7/c21-12-2-1-11-19(12)26-15(24)17-5-8-18(9-6-17,10-7-17)16(25)27-20-13(22)3-4-14(20)23/h1-11H2. The maximum absolute atomic E-state index is 12.7. The molecule has 9 nitrogen and oxygen atoms in total. The predicted molar refractivity (Wildman–Crippen MR) is 86.8 cm³/mol. The fraction of sp³-hybridized carbons (Fsp3) is 0.722. The van der Waals surface area contributed by atoms with Gasteiger partial charge in [-0.25, -0.2) is 9.59 Å². The molecule has 2 saturated heterocycles. The Morgan fingerprint density at radius 3 is 1.63 bits per heavy atom. The summed E-state index contributed by atoms with van der Waals surface area (Å²) in [5.41, 5.74) is -1.45. The minimum Gasteiger partial charge on any atom is -0.338 e. The van der Waals surface area contributed by atoms with E-state index in [9.17, 15) is 24.0 Å². The SMILES string of the molecule is O=C1CCCN1OC(=O)C12CCC(C(=O)ON3C(=O)CCC3=O)(CC1)CC2. The van der Waals surface area contributed by atoms with Crippen LogP contribution in [0.5, 0.6) is 0 Å². The van der Waals surface area contributed by atoms with Gasteiger partial charge in [0.25, 0.3) is 17.7 Å². The van der Waals surface area contributed by atoms with E-state index < -0.39 is 34.6 Å². The summed E-state index contributed by atoms with van der Waals surface area (Å²) < 4.78 is 0. The number of imide groups is 1. The van der Waals surface area contributed by atoms with Crippen LogP contribution in [0, 0.1) is 10.8 Å². The Kier molecular flexibility index (Phi) is 4.20. The third-order valence-corrected chi connectivity index (χ3v) is 6.52. The van der Waals surface area contributed by atoms with Gasteiger partial charge in [0.2, 0.25) is 0 Å². The topological polar surface area (TPSA) is 110 Å². The van der Waals surface area contributed by atoms with Gasteiger partial charge in [-0.3, -0.25) is 14.4 Å². The van der Waals surface area contributed by atoms with E-state index in [1.807, 2.05) is 0 Å². The number of fused-ring (bicyclic) bond motifs is 3. The molecule has 146 valence electrons. The maximum Gasteiger partial charge on any atom is 0.339 e. The lowest BCUT2D eigenvalue weighted by Crippen LogP contribution is -2.52. The van der Waals surface area contributed by atoms with E-state index in [-0.39, 0.29) is 18.7 Å². The average Bonchev–Trinajstić information content (AvgIpc) is 3.23. The van der Waals surface area contributed by atoms with Gasteiger partial charge in [-0.2, -0.15) is 5.06 Å². The largest absolute Gasteiger partial charge is 0.339 e. The highest BCUT2D eigenvalue weighted by molar-refractivity contribution is 6.01. The molecule has 5 fully saturated rings. The average molecular weight is 378 g/mol. The lowest BCUT2D eigenvalue weighted by atomic mass is 9.54. The second-order valence-electron chi connectivity index (χ2n) is 8.00. The van der Waals surface area contributed by atoms with Crippen LogP contribution in [0.1, 0.15) is 64.2 Å². The Hall–Kier alpha value is -2.45. The van der Waals surface area contributed by atoms with Gasteiger partial charge >= 0.3 is 11.9 Å². The zero-order chi connectivity index (χ0) is 19.2. The molecule has 5 aliphatic rings. The smallest absolute Gasteiger partial charge is 0.338 e. The van der Waals surface area contributed by atoms with Crippen LogP contribution < -0.4 is 0 Å². The van der Waals surface area contributed by atoms with E-state index in [1.165, 1.54) is 0 Å². The molecule has 9 heteroatoms. The minimum absolute atomic E-state index is 0.0588. The van der Waals surface area contributed by atoms with E-state index in [1.54, 1.807) is 0 Å². The summed E-state index contributed by atoms with van der Waals surface area (Å²) in [7, 11) is 0. The second-order valence-corrected chi connectivity index (χ2v) is 8.00. The number of carbonyl (C=O) groups excluding carboxylic acids is 5. The molecule has 0 radical (unpaired) electrons. The van der Waals surface area contributed by atoms with Crippen LogP contribution in [-0.2, 0) is 33.6 Å². The van der Waals surface area contributed by atoms with E-state index in [0.717, 1.165) is 5.06 Å². The lowest BCUT2D eigenvalue weighted by molar-refractivity contribution is -0.219. The summed E-state index contributed by atoms with van der Waals surface area (Å²) in [5, 5.41) is 1.73. The van der Waals surface area contributed by atoms with E-state index >= 15 is 0 Å². The third-order valence-electron chi connectivity index (χ3n) is 6.52. The van der Waals surface area contributed by atoms with Crippen molar-refractivity contribution in [3.05, 3.63) is 0 Å². The van der Waals surface area contributed by atoms with Crippen LogP contribution in [0.3, 0.4) is 0 Å². The van der Waals surface area contributed by atoms with Crippen LogP contribution in [0.25, 0.3) is 0 Å². The zero-order valence-electron chi connectivity index (χ0n) is 15.0.